The van der Waals surface area contributed by atoms with Gasteiger partial charge in [-0.2, -0.15) is 5.10 Å². The predicted molar refractivity (Wildman–Crippen MR) is 149 cm³/mol. The quantitative estimate of drug-likeness (QED) is 0.283. The van der Waals surface area contributed by atoms with Gasteiger partial charge in [0.05, 0.1) is 16.3 Å². The van der Waals surface area contributed by atoms with Gasteiger partial charge in [-0.05, 0) is 49.9 Å². The molecule has 38 heavy (non-hydrogen) atoms. The van der Waals surface area contributed by atoms with E-state index >= 15 is 0 Å². The molecule has 0 unspecified atom stereocenters. The highest BCUT2D eigenvalue weighted by Gasteiger charge is 2.25. The van der Waals surface area contributed by atoms with E-state index in [0.29, 0.717) is 30.3 Å². The Morgan fingerprint density at radius 1 is 1.11 bits per heavy atom. The smallest absolute Gasteiger partial charge is 0.273 e. The number of rotatable bonds is 9. The summed E-state index contributed by atoms with van der Waals surface area (Å²) in [5.41, 5.74) is 2.97. The van der Waals surface area contributed by atoms with Crippen LogP contribution in [0.15, 0.2) is 48.5 Å². The molecule has 3 rings (SSSR count). The number of anilines is 1. The molecule has 0 spiro atoms. The van der Waals surface area contributed by atoms with E-state index in [1.165, 1.54) is 11.0 Å². The molecule has 0 fully saturated rings. The van der Waals surface area contributed by atoms with Crippen molar-refractivity contribution < 1.29 is 14.5 Å². The number of carbonyl (C=O) groups is 2. The molecule has 0 atom stereocenters. The van der Waals surface area contributed by atoms with Crippen LogP contribution in [0.1, 0.15) is 68.2 Å². The summed E-state index contributed by atoms with van der Waals surface area (Å²) in [6.07, 6.45) is 0.683. The SMILES string of the molecule is Cc1cccc(-n2nc(C(C)(C)C)cc2NC(=O)CN(CCC(C)C)C(=O)c2ccc(C)c([N+](=O)[O-])c2)c1. The Bertz CT molecular complexity index is 1340. The molecule has 1 heterocycles. The van der Waals surface area contributed by atoms with E-state index < -0.39 is 10.8 Å². The number of hydrogen-bond acceptors (Lipinski definition) is 5. The van der Waals surface area contributed by atoms with Crippen molar-refractivity contribution in [2.75, 3.05) is 18.4 Å². The van der Waals surface area contributed by atoms with Gasteiger partial charge in [0.2, 0.25) is 5.91 Å². The first kappa shape index (κ1) is 28.6. The molecule has 2 aromatic carbocycles. The van der Waals surface area contributed by atoms with Crippen molar-refractivity contribution >= 4 is 23.3 Å². The molecule has 2 amide bonds. The lowest BCUT2D eigenvalue weighted by Crippen LogP contribution is -2.39. The van der Waals surface area contributed by atoms with E-state index in [0.717, 1.165) is 16.9 Å². The molecular weight excluding hydrogens is 482 g/mol. The first-order valence-electron chi connectivity index (χ1n) is 12.8. The van der Waals surface area contributed by atoms with Crippen molar-refractivity contribution in [3.05, 3.63) is 81.0 Å². The summed E-state index contributed by atoms with van der Waals surface area (Å²) in [5.74, 6) is 0.00928. The van der Waals surface area contributed by atoms with E-state index in [9.17, 15) is 19.7 Å². The molecule has 9 nitrogen and oxygen atoms in total. The third kappa shape index (κ3) is 7.06. The summed E-state index contributed by atoms with van der Waals surface area (Å²) in [6, 6.07) is 14.1. The first-order valence-corrected chi connectivity index (χ1v) is 12.8. The van der Waals surface area contributed by atoms with Gasteiger partial charge < -0.3 is 10.2 Å². The number of carbonyl (C=O) groups excluding carboxylic acids is 2. The number of nitrogens with zero attached hydrogens (tertiary/aromatic N) is 4. The Kier molecular flexibility index (Phi) is 8.70. The highest BCUT2D eigenvalue weighted by Crippen LogP contribution is 2.27. The highest BCUT2D eigenvalue weighted by molar-refractivity contribution is 5.99. The second-order valence-electron chi connectivity index (χ2n) is 11.1. The van der Waals surface area contributed by atoms with Crippen LogP contribution in [-0.2, 0) is 10.2 Å². The van der Waals surface area contributed by atoms with Crippen molar-refractivity contribution in [1.82, 2.24) is 14.7 Å². The Balaban J connectivity index is 1.90. The van der Waals surface area contributed by atoms with Crippen molar-refractivity contribution in [2.24, 2.45) is 5.92 Å². The van der Waals surface area contributed by atoms with E-state index in [1.54, 1.807) is 23.7 Å². The third-order valence-corrected chi connectivity index (χ3v) is 6.24. The van der Waals surface area contributed by atoms with Gasteiger partial charge in [-0.15, -0.1) is 0 Å². The van der Waals surface area contributed by atoms with Crippen LogP contribution in [-0.4, -0.2) is 44.5 Å². The van der Waals surface area contributed by atoms with Gasteiger partial charge in [0, 0.05) is 35.2 Å². The zero-order valence-electron chi connectivity index (χ0n) is 23.2. The van der Waals surface area contributed by atoms with E-state index in [2.05, 4.69) is 26.1 Å². The minimum atomic E-state index is -0.503. The second kappa shape index (κ2) is 11.6. The summed E-state index contributed by atoms with van der Waals surface area (Å²) >= 11 is 0. The van der Waals surface area contributed by atoms with Crippen LogP contribution in [0.4, 0.5) is 11.5 Å². The van der Waals surface area contributed by atoms with Gasteiger partial charge in [-0.25, -0.2) is 4.68 Å². The summed E-state index contributed by atoms with van der Waals surface area (Å²) in [5, 5.41) is 19.1. The normalized spacial score (nSPS) is 11.5. The van der Waals surface area contributed by atoms with Gasteiger partial charge in [-0.3, -0.25) is 19.7 Å². The summed E-state index contributed by atoms with van der Waals surface area (Å²) in [6.45, 7) is 14.0. The van der Waals surface area contributed by atoms with Crippen LogP contribution >= 0.6 is 0 Å². The maximum Gasteiger partial charge on any atom is 0.273 e. The van der Waals surface area contributed by atoms with Gasteiger partial charge in [0.1, 0.15) is 12.4 Å². The number of hydrogen-bond donors (Lipinski definition) is 1. The lowest BCUT2D eigenvalue weighted by molar-refractivity contribution is -0.385. The maximum atomic E-state index is 13.4. The third-order valence-electron chi connectivity index (χ3n) is 6.24. The average Bonchev–Trinajstić information content (AvgIpc) is 3.25. The van der Waals surface area contributed by atoms with Crippen LogP contribution in [0.5, 0.6) is 0 Å². The van der Waals surface area contributed by atoms with Crippen molar-refractivity contribution in [1.29, 1.82) is 0 Å². The van der Waals surface area contributed by atoms with Crippen LogP contribution < -0.4 is 5.32 Å². The molecule has 0 aliphatic carbocycles. The standard InChI is InChI=1S/C29H37N5O4/c1-19(2)13-14-32(28(36)22-12-11-21(4)24(16-22)34(37)38)18-27(35)30-26-17-25(29(5,6)7)31-33(26)23-10-8-9-20(3)15-23/h8-12,15-17,19H,13-14,18H2,1-7H3,(H,30,35). The van der Waals surface area contributed by atoms with Crippen molar-refractivity contribution in [3.8, 4) is 5.69 Å². The van der Waals surface area contributed by atoms with E-state index in [4.69, 9.17) is 5.10 Å². The monoisotopic (exact) mass is 519 g/mol. The molecule has 0 bridgehead atoms. The van der Waals surface area contributed by atoms with Gasteiger partial charge >= 0.3 is 0 Å². The molecule has 0 radical (unpaired) electrons. The van der Waals surface area contributed by atoms with Crippen LogP contribution in [0.2, 0.25) is 0 Å². The van der Waals surface area contributed by atoms with Crippen molar-refractivity contribution in [3.63, 3.8) is 0 Å². The minimum absolute atomic E-state index is 0.124. The summed E-state index contributed by atoms with van der Waals surface area (Å²) in [7, 11) is 0. The molecule has 0 saturated carbocycles. The number of nitro benzene ring substituents is 1. The van der Waals surface area contributed by atoms with Crippen LogP contribution in [0, 0.1) is 29.9 Å². The number of aromatic nitrogens is 2. The zero-order valence-corrected chi connectivity index (χ0v) is 23.2. The molecule has 1 aromatic heterocycles. The lowest BCUT2D eigenvalue weighted by atomic mass is 9.92. The molecule has 9 heteroatoms. The van der Waals surface area contributed by atoms with E-state index in [-0.39, 0.29) is 29.1 Å². The van der Waals surface area contributed by atoms with Crippen LogP contribution in [0.3, 0.4) is 0 Å². The lowest BCUT2D eigenvalue weighted by Gasteiger charge is -2.23. The molecule has 202 valence electrons. The Hall–Kier alpha value is -4.01. The molecule has 1 N–H and O–H groups in total. The molecule has 3 aromatic rings. The Labute approximate surface area is 224 Å². The van der Waals surface area contributed by atoms with Crippen LogP contribution in [0.25, 0.3) is 5.69 Å². The molecular formula is C29H37N5O4. The maximum absolute atomic E-state index is 13.4. The van der Waals surface area contributed by atoms with Gasteiger partial charge in [-0.1, -0.05) is 52.8 Å². The summed E-state index contributed by atoms with van der Waals surface area (Å²) < 4.78 is 1.70. The largest absolute Gasteiger partial charge is 0.329 e. The van der Waals surface area contributed by atoms with Gasteiger partial charge in [0.25, 0.3) is 11.6 Å². The first-order chi connectivity index (χ1) is 17.8. The number of nitro groups is 1. The second-order valence-corrected chi connectivity index (χ2v) is 11.1. The summed E-state index contributed by atoms with van der Waals surface area (Å²) in [4.78, 5) is 39.0. The fourth-order valence-corrected chi connectivity index (χ4v) is 3.94. The zero-order chi connectivity index (χ0) is 28.2. The van der Waals surface area contributed by atoms with Crippen molar-refractivity contribution in [2.45, 2.75) is 60.3 Å². The number of benzene rings is 2. The minimum Gasteiger partial charge on any atom is -0.329 e. The van der Waals surface area contributed by atoms with Gasteiger partial charge in [0.15, 0.2) is 0 Å². The fraction of sp³-hybridized carbons (Fsp3) is 0.414. The number of amides is 2. The fourth-order valence-electron chi connectivity index (χ4n) is 3.94. The topological polar surface area (TPSA) is 110 Å². The Morgan fingerprint density at radius 3 is 2.42 bits per heavy atom. The average molecular weight is 520 g/mol. The van der Waals surface area contributed by atoms with E-state index in [1.807, 2.05) is 51.1 Å². The highest BCUT2D eigenvalue weighted by atomic mass is 16.6. The molecule has 0 aliphatic heterocycles. The number of aryl methyl sites for hydroxylation is 2. The number of nitrogens with one attached hydrogen (secondary N) is 1. The predicted octanol–water partition coefficient (Wildman–Crippen LogP) is 5.82. The Morgan fingerprint density at radius 2 is 1.82 bits per heavy atom. The molecule has 0 aliphatic rings. The molecule has 0 saturated heterocycles.